The van der Waals surface area contributed by atoms with E-state index in [1.807, 2.05) is 12.1 Å². The van der Waals surface area contributed by atoms with E-state index >= 15 is 0 Å². The highest BCUT2D eigenvalue weighted by atomic mass is 16.3. The van der Waals surface area contributed by atoms with Gasteiger partial charge in [-0.25, -0.2) is 0 Å². The summed E-state index contributed by atoms with van der Waals surface area (Å²) in [4.78, 5) is 0. The van der Waals surface area contributed by atoms with Crippen LogP contribution in [0.3, 0.4) is 0 Å². The minimum Gasteiger partial charge on any atom is -0.464 e. The minimum atomic E-state index is 0.0763. The lowest BCUT2D eigenvalue weighted by Gasteiger charge is -2.26. The Morgan fingerprint density at radius 2 is 2.20 bits per heavy atom. The number of nitrogens with two attached hydrogens (primary N) is 1. The Morgan fingerprint density at radius 1 is 1.47 bits per heavy atom. The molecule has 3 N–H and O–H groups in total. The van der Waals surface area contributed by atoms with Crippen molar-refractivity contribution in [2.24, 2.45) is 11.7 Å². The standard InChI is InChI=1S/C12H20N2O/c1-2-10-3-4-11(15-10)12(13)9-5-7-14-8-6-9/h3-4,9,12,14H,2,5-8,13H2,1H3/t12-/m1/s1. The highest BCUT2D eigenvalue weighted by Gasteiger charge is 2.23. The van der Waals surface area contributed by atoms with Crippen LogP contribution in [0.1, 0.15) is 37.3 Å². The van der Waals surface area contributed by atoms with Gasteiger partial charge in [0.1, 0.15) is 11.5 Å². The van der Waals surface area contributed by atoms with Gasteiger partial charge < -0.3 is 15.5 Å². The topological polar surface area (TPSA) is 51.2 Å². The van der Waals surface area contributed by atoms with Crippen LogP contribution in [0.4, 0.5) is 0 Å². The quantitative estimate of drug-likeness (QED) is 0.797. The van der Waals surface area contributed by atoms with Crippen molar-refractivity contribution < 1.29 is 4.42 Å². The van der Waals surface area contributed by atoms with Gasteiger partial charge in [0, 0.05) is 6.42 Å². The van der Waals surface area contributed by atoms with Gasteiger partial charge in [0.2, 0.25) is 0 Å². The number of furan rings is 1. The molecule has 3 nitrogen and oxygen atoms in total. The fraction of sp³-hybridized carbons (Fsp3) is 0.667. The second kappa shape index (κ2) is 4.81. The molecule has 0 amide bonds. The van der Waals surface area contributed by atoms with Gasteiger partial charge in [0.25, 0.3) is 0 Å². The van der Waals surface area contributed by atoms with Crippen LogP contribution < -0.4 is 11.1 Å². The molecule has 0 unspecified atom stereocenters. The van der Waals surface area contributed by atoms with Gasteiger partial charge in [-0.15, -0.1) is 0 Å². The maximum absolute atomic E-state index is 6.22. The molecule has 0 aliphatic carbocycles. The first-order valence-corrected chi connectivity index (χ1v) is 5.86. The Morgan fingerprint density at radius 3 is 2.80 bits per heavy atom. The van der Waals surface area contributed by atoms with E-state index in [0.29, 0.717) is 5.92 Å². The molecule has 15 heavy (non-hydrogen) atoms. The highest BCUT2D eigenvalue weighted by Crippen LogP contribution is 2.27. The Labute approximate surface area is 91.0 Å². The van der Waals surface area contributed by atoms with Crippen molar-refractivity contribution >= 4 is 0 Å². The van der Waals surface area contributed by atoms with E-state index in [1.165, 1.54) is 0 Å². The molecule has 1 atom stereocenters. The van der Waals surface area contributed by atoms with Crippen LogP contribution >= 0.6 is 0 Å². The molecule has 1 aliphatic heterocycles. The molecule has 0 radical (unpaired) electrons. The molecule has 1 saturated heterocycles. The molecule has 0 spiro atoms. The van der Waals surface area contributed by atoms with Crippen molar-refractivity contribution in [3.63, 3.8) is 0 Å². The van der Waals surface area contributed by atoms with Crippen LogP contribution in [0.15, 0.2) is 16.5 Å². The van der Waals surface area contributed by atoms with E-state index in [9.17, 15) is 0 Å². The van der Waals surface area contributed by atoms with Gasteiger partial charge in [-0.3, -0.25) is 0 Å². The minimum absolute atomic E-state index is 0.0763. The Kier molecular flexibility index (Phi) is 3.44. The van der Waals surface area contributed by atoms with E-state index in [0.717, 1.165) is 43.9 Å². The largest absolute Gasteiger partial charge is 0.464 e. The number of hydrogen-bond donors (Lipinski definition) is 2. The van der Waals surface area contributed by atoms with Crippen LogP contribution in [0.25, 0.3) is 0 Å². The van der Waals surface area contributed by atoms with E-state index in [-0.39, 0.29) is 6.04 Å². The fourth-order valence-corrected chi connectivity index (χ4v) is 2.20. The number of rotatable bonds is 3. The van der Waals surface area contributed by atoms with Gasteiger partial charge in [-0.2, -0.15) is 0 Å². The van der Waals surface area contributed by atoms with E-state index in [2.05, 4.69) is 12.2 Å². The number of aryl methyl sites for hydroxylation is 1. The summed E-state index contributed by atoms with van der Waals surface area (Å²) in [6.45, 7) is 4.26. The summed E-state index contributed by atoms with van der Waals surface area (Å²) < 4.78 is 5.70. The first-order chi connectivity index (χ1) is 7.31. The van der Waals surface area contributed by atoms with E-state index < -0.39 is 0 Å². The van der Waals surface area contributed by atoms with Crippen molar-refractivity contribution in [1.82, 2.24) is 5.32 Å². The monoisotopic (exact) mass is 208 g/mol. The predicted octanol–water partition coefficient (Wildman–Crippen LogP) is 1.84. The summed E-state index contributed by atoms with van der Waals surface area (Å²) in [5, 5.41) is 3.35. The molecule has 2 heterocycles. The van der Waals surface area contributed by atoms with E-state index in [1.54, 1.807) is 0 Å². The lowest BCUT2D eigenvalue weighted by atomic mass is 9.89. The maximum Gasteiger partial charge on any atom is 0.121 e. The lowest BCUT2D eigenvalue weighted by Crippen LogP contribution is -2.33. The zero-order chi connectivity index (χ0) is 10.7. The molecule has 1 aromatic heterocycles. The van der Waals surface area contributed by atoms with Crippen LogP contribution in [0.5, 0.6) is 0 Å². The normalized spacial score (nSPS) is 20.4. The molecule has 0 saturated carbocycles. The van der Waals surface area contributed by atoms with Crippen LogP contribution in [0.2, 0.25) is 0 Å². The molecular formula is C12H20N2O. The SMILES string of the molecule is CCc1ccc([C@H](N)C2CCNCC2)o1. The van der Waals surface area contributed by atoms with Crippen molar-refractivity contribution in [3.05, 3.63) is 23.7 Å². The molecule has 3 heteroatoms. The summed E-state index contributed by atoms with van der Waals surface area (Å²) in [6.07, 6.45) is 3.26. The first-order valence-electron chi connectivity index (χ1n) is 5.86. The van der Waals surface area contributed by atoms with Gasteiger partial charge in [-0.1, -0.05) is 6.92 Å². The smallest absolute Gasteiger partial charge is 0.121 e. The molecule has 0 aromatic carbocycles. The zero-order valence-electron chi connectivity index (χ0n) is 9.33. The summed E-state index contributed by atoms with van der Waals surface area (Å²) in [6, 6.07) is 4.15. The van der Waals surface area contributed by atoms with Gasteiger partial charge >= 0.3 is 0 Å². The predicted molar refractivity (Wildman–Crippen MR) is 60.6 cm³/mol. The average Bonchev–Trinajstić information content (AvgIpc) is 2.78. The summed E-state index contributed by atoms with van der Waals surface area (Å²) >= 11 is 0. The fourth-order valence-electron chi connectivity index (χ4n) is 2.20. The summed E-state index contributed by atoms with van der Waals surface area (Å²) in [5.41, 5.74) is 6.22. The molecule has 84 valence electrons. The summed E-state index contributed by atoms with van der Waals surface area (Å²) in [5.74, 6) is 2.57. The van der Waals surface area contributed by atoms with Crippen molar-refractivity contribution in [2.45, 2.75) is 32.2 Å². The van der Waals surface area contributed by atoms with Crippen LogP contribution in [-0.4, -0.2) is 13.1 Å². The van der Waals surface area contributed by atoms with Crippen molar-refractivity contribution in [2.75, 3.05) is 13.1 Å². The lowest BCUT2D eigenvalue weighted by molar-refractivity contribution is 0.288. The van der Waals surface area contributed by atoms with Gasteiger partial charge in [0.05, 0.1) is 6.04 Å². The molecular weight excluding hydrogens is 188 g/mol. The number of piperidine rings is 1. The third-order valence-electron chi connectivity index (χ3n) is 3.25. The van der Waals surface area contributed by atoms with Crippen molar-refractivity contribution in [1.29, 1.82) is 0 Å². The molecule has 1 aliphatic rings. The van der Waals surface area contributed by atoms with Gasteiger partial charge in [0.15, 0.2) is 0 Å². The van der Waals surface area contributed by atoms with E-state index in [4.69, 9.17) is 10.2 Å². The Hall–Kier alpha value is -0.800. The first kappa shape index (κ1) is 10.7. The zero-order valence-corrected chi connectivity index (χ0v) is 9.33. The molecule has 1 fully saturated rings. The highest BCUT2D eigenvalue weighted by molar-refractivity contribution is 5.11. The maximum atomic E-state index is 6.22. The molecule has 0 bridgehead atoms. The number of nitrogens with one attached hydrogen (secondary N) is 1. The second-order valence-electron chi connectivity index (χ2n) is 4.27. The Balaban J connectivity index is 2.02. The summed E-state index contributed by atoms with van der Waals surface area (Å²) in [7, 11) is 0. The molecule has 1 aromatic rings. The number of hydrogen-bond acceptors (Lipinski definition) is 3. The van der Waals surface area contributed by atoms with Crippen molar-refractivity contribution in [3.8, 4) is 0 Å². The third-order valence-corrected chi connectivity index (χ3v) is 3.25. The average molecular weight is 208 g/mol. The van der Waals surface area contributed by atoms with Gasteiger partial charge in [-0.05, 0) is 44.0 Å². The second-order valence-corrected chi connectivity index (χ2v) is 4.27. The van der Waals surface area contributed by atoms with Crippen LogP contribution in [0, 0.1) is 5.92 Å². The molecule has 2 rings (SSSR count). The Bertz CT molecular complexity index is 302. The van der Waals surface area contributed by atoms with Crippen LogP contribution in [-0.2, 0) is 6.42 Å². The third kappa shape index (κ3) is 2.41.